The van der Waals surface area contributed by atoms with Crippen LogP contribution in [0.4, 0.5) is 5.95 Å². The fourth-order valence-corrected chi connectivity index (χ4v) is 1.23. The van der Waals surface area contributed by atoms with Crippen LogP contribution in [-0.2, 0) is 0 Å². The molecular formula is C11H14N6O. The van der Waals surface area contributed by atoms with Crippen molar-refractivity contribution >= 4 is 5.95 Å². The molecule has 2 rings (SSSR count). The third-order valence-electron chi connectivity index (χ3n) is 2.08. The molecule has 2 aromatic rings. The quantitative estimate of drug-likeness (QED) is 0.795. The van der Waals surface area contributed by atoms with Crippen LogP contribution in [0.15, 0.2) is 30.6 Å². The molecule has 0 aromatic carbocycles. The van der Waals surface area contributed by atoms with Gasteiger partial charge in [0.1, 0.15) is 6.61 Å². The number of anilines is 1. The number of ether oxygens (including phenoxy) is 1. The molecule has 0 atom stereocenters. The first kappa shape index (κ1) is 12.0. The van der Waals surface area contributed by atoms with Gasteiger partial charge >= 0.3 is 6.01 Å². The van der Waals surface area contributed by atoms with Crippen LogP contribution in [-0.4, -0.2) is 38.4 Å². The van der Waals surface area contributed by atoms with E-state index in [0.717, 1.165) is 0 Å². The fraction of sp³-hybridized carbons (Fsp3) is 0.273. The van der Waals surface area contributed by atoms with Gasteiger partial charge in [-0.05, 0) is 13.0 Å². The summed E-state index contributed by atoms with van der Waals surface area (Å²) < 4.78 is 6.94. The maximum absolute atomic E-state index is 5.40. The summed E-state index contributed by atoms with van der Waals surface area (Å²) in [5.74, 6) is 0.848. The summed E-state index contributed by atoms with van der Waals surface area (Å²) in [5.41, 5.74) is 0. The number of nitrogens with zero attached hydrogens (tertiary/aromatic N) is 5. The fourth-order valence-electron chi connectivity index (χ4n) is 1.23. The first-order valence-electron chi connectivity index (χ1n) is 5.51. The van der Waals surface area contributed by atoms with Crippen LogP contribution in [0, 0.1) is 0 Å². The zero-order valence-electron chi connectivity index (χ0n) is 10.2. The smallest absolute Gasteiger partial charge is 0.323 e. The lowest BCUT2D eigenvalue weighted by Crippen LogP contribution is -2.09. The topological polar surface area (TPSA) is 77.8 Å². The van der Waals surface area contributed by atoms with E-state index in [0.29, 0.717) is 18.5 Å². The molecule has 0 aliphatic rings. The van der Waals surface area contributed by atoms with Crippen molar-refractivity contribution in [3.63, 3.8) is 0 Å². The van der Waals surface area contributed by atoms with Gasteiger partial charge in [-0.2, -0.15) is 20.1 Å². The highest BCUT2D eigenvalue weighted by molar-refractivity contribution is 5.29. The molecule has 0 aliphatic carbocycles. The van der Waals surface area contributed by atoms with Crippen molar-refractivity contribution in [1.29, 1.82) is 0 Å². The van der Waals surface area contributed by atoms with E-state index >= 15 is 0 Å². The average Bonchev–Trinajstić information content (AvgIpc) is 2.92. The third-order valence-corrected chi connectivity index (χ3v) is 2.08. The summed E-state index contributed by atoms with van der Waals surface area (Å²) in [6.07, 6.45) is 7.18. The largest absolute Gasteiger partial charge is 0.459 e. The second-order valence-electron chi connectivity index (χ2n) is 3.32. The third kappa shape index (κ3) is 2.82. The molecule has 94 valence electrons. The molecule has 2 heterocycles. The summed E-state index contributed by atoms with van der Waals surface area (Å²) in [4.78, 5) is 12.5. The summed E-state index contributed by atoms with van der Waals surface area (Å²) in [6, 6.07) is 2.06. The minimum atomic E-state index is 0.262. The normalized spacial score (nSPS) is 10.8. The number of aromatic nitrogens is 5. The van der Waals surface area contributed by atoms with E-state index in [9.17, 15) is 0 Å². The van der Waals surface area contributed by atoms with Crippen LogP contribution in [0.5, 0.6) is 6.01 Å². The Labute approximate surface area is 105 Å². The molecule has 0 saturated heterocycles. The average molecular weight is 246 g/mol. The van der Waals surface area contributed by atoms with Crippen molar-refractivity contribution in [1.82, 2.24) is 24.7 Å². The molecule has 7 heteroatoms. The van der Waals surface area contributed by atoms with E-state index in [2.05, 4.69) is 25.4 Å². The summed E-state index contributed by atoms with van der Waals surface area (Å²) >= 11 is 0. The Kier molecular flexibility index (Phi) is 3.85. The molecule has 18 heavy (non-hydrogen) atoms. The Hall–Kier alpha value is -2.44. The van der Waals surface area contributed by atoms with Crippen LogP contribution >= 0.6 is 0 Å². The molecule has 0 unspecified atom stereocenters. The van der Waals surface area contributed by atoms with E-state index in [1.165, 1.54) is 0 Å². The second kappa shape index (κ2) is 5.76. The minimum absolute atomic E-state index is 0.262. The van der Waals surface area contributed by atoms with Gasteiger partial charge in [-0.1, -0.05) is 12.2 Å². The maximum Gasteiger partial charge on any atom is 0.323 e. The molecule has 7 nitrogen and oxygen atoms in total. The summed E-state index contributed by atoms with van der Waals surface area (Å²) in [5, 5.41) is 6.92. The van der Waals surface area contributed by atoms with Crippen molar-refractivity contribution in [2.75, 3.05) is 19.0 Å². The first-order chi connectivity index (χ1) is 8.83. The Morgan fingerprint density at radius 2 is 2.28 bits per heavy atom. The molecule has 1 N–H and O–H groups in total. The molecule has 0 aliphatic heterocycles. The number of rotatable bonds is 5. The molecule has 0 amide bonds. The van der Waals surface area contributed by atoms with Crippen molar-refractivity contribution in [3.05, 3.63) is 30.6 Å². The molecular weight excluding hydrogens is 232 g/mol. The lowest BCUT2D eigenvalue weighted by molar-refractivity contribution is 0.331. The number of allylic oxidation sites excluding steroid dienone is 1. The zero-order chi connectivity index (χ0) is 12.8. The van der Waals surface area contributed by atoms with Crippen LogP contribution in [0.1, 0.15) is 6.92 Å². The monoisotopic (exact) mass is 246 g/mol. The van der Waals surface area contributed by atoms with Crippen LogP contribution in [0.2, 0.25) is 0 Å². The van der Waals surface area contributed by atoms with E-state index in [1.54, 1.807) is 30.2 Å². The summed E-state index contributed by atoms with van der Waals surface area (Å²) in [6.45, 7) is 2.34. The van der Waals surface area contributed by atoms with Gasteiger partial charge in [0.25, 0.3) is 5.95 Å². The van der Waals surface area contributed by atoms with Crippen LogP contribution in [0.3, 0.4) is 0 Å². The predicted octanol–water partition coefficient (Wildman–Crippen LogP) is 1.05. The molecule has 2 aromatic heterocycles. The Morgan fingerprint density at radius 3 is 2.94 bits per heavy atom. The van der Waals surface area contributed by atoms with Gasteiger partial charge in [0.2, 0.25) is 5.95 Å². The highest BCUT2D eigenvalue weighted by atomic mass is 16.5. The van der Waals surface area contributed by atoms with E-state index in [4.69, 9.17) is 4.74 Å². The van der Waals surface area contributed by atoms with Gasteiger partial charge < -0.3 is 10.1 Å². The maximum atomic E-state index is 5.40. The van der Waals surface area contributed by atoms with Crippen molar-refractivity contribution in [2.45, 2.75) is 6.92 Å². The van der Waals surface area contributed by atoms with Crippen LogP contribution < -0.4 is 10.1 Å². The zero-order valence-corrected chi connectivity index (χ0v) is 10.2. The number of hydrogen-bond acceptors (Lipinski definition) is 6. The van der Waals surface area contributed by atoms with Crippen LogP contribution in [0.25, 0.3) is 5.95 Å². The standard InChI is InChI=1S/C11H14N6O/c1-3-4-8-18-11-15-9(12-2)14-10(16-11)17-7-5-6-13-17/h3-7H,8H2,1-2H3,(H,12,14,15,16)/b4-3+. The highest BCUT2D eigenvalue weighted by Crippen LogP contribution is 2.09. The van der Waals surface area contributed by atoms with Gasteiger partial charge in [0.05, 0.1) is 0 Å². The second-order valence-corrected chi connectivity index (χ2v) is 3.32. The van der Waals surface area contributed by atoms with Crippen molar-refractivity contribution < 1.29 is 4.74 Å². The predicted molar refractivity (Wildman–Crippen MR) is 66.8 cm³/mol. The lowest BCUT2D eigenvalue weighted by atomic mass is 10.6. The van der Waals surface area contributed by atoms with E-state index in [1.807, 2.05) is 19.1 Å². The first-order valence-corrected chi connectivity index (χ1v) is 5.51. The van der Waals surface area contributed by atoms with E-state index < -0.39 is 0 Å². The Balaban J connectivity index is 2.27. The SMILES string of the molecule is C/C=C/COc1nc(NC)nc(-n2cccn2)n1. The van der Waals surface area contributed by atoms with Gasteiger partial charge in [0.15, 0.2) is 0 Å². The van der Waals surface area contributed by atoms with Crippen molar-refractivity contribution in [2.24, 2.45) is 0 Å². The number of hydrogen-bond donors (Lipinski definition) is 1. The Morgan fingerprint density at radius 1 is 1.39 bits per heavy atom. The Bertz CT molecular complexity index is 522. The van der Waals surface area contributed by atoms with Gasteiger partial charge in [-0.3, -0.25) is 0 Å². The van der Waals surface area contributed by atoms with Gasteiger partial charge in [-0.25, -0.2) is 4.68 Å². The molecule has 0 saturated carbocycles. The molecule has 0 spiro atoms. The van der Waals surface area contributed by atoms with Gasteiger partial charge in [0, 0.05) is 19.4 Å². The van der Waals surface area contributed by atoms with Crippen molar-refractivity contribution in [3.8, 4) is 12.0 Å². The highest BCUT2D eigenvalue weighted by Gasteiger charge is 2.07. The van der Waals surface area contributed by atoms with E-state index in [-0.39, 0.29) is 6.01 Å². The minimum Gasteiger partial charge on any atom is -0.459 e. The van der Waals surface area contributed by atoms with Gasteiger partial charge in [-0.15, -0.1) is 0 Å². The molecule has 0 bridgehead atoms. The summed E-state index contributed by atoms with van der Waals surface area (Å²) in [7, 11) is 1.73. The molecule has 0 radical (unpaired) electrons. The molecule has 0 fully saturated rings. The lowest BCUT2D eigenvalue weighted by Gasteiger charge is -2.06. The number of nitrogens with one attached hydrogen (secondary N) is 1.